The van der Waals surface area contributed by atoms with Gasteiger partial charge in [-0.25, -0.2) is 0 Å². The van der Waals surface area contributed by atoms with E-state index in [0.717, 1.165) is 0 Å². The summed E-state index contributed by atoms with van der Waals surface area (Å²) in [6.07, 6.45) is 1.53. The van der Waals surface area contributed by atoms with Gasteiger partial charge in [0, 0.05) is 6.20 Å². The molecule has 3 nitrogen and oxygen atoms in total. The standard InChI is InChI=1S/C10H7ClN2OS/c11-10-6(3-5-15-10)9(14)8-7(12)2-1-4-13-8/h1-5H,12H2. The van der Waals surface area contributed by atoms with Crippen molar-refractivity contribution < 1.29 is 4.79 Å². The molecule has 2 aromatic rings. The maximum atomic E-state index is 11.9. The second-order valence-corrected chi connectivity index (χ2v) is 4.40. The van der Waals surface area contributed by atoms with Crippen LogP contribution in [0.4, 0.5) is 5.69 Å². The van der Waals surface area contributed by atoms with Gasteiger partial charge in [0.25, 0.3) is 0 Å². The van der Waals surface area contributed by atoms with Crippen molar-refractivity contribution in [1.29, 1.82) is 0 Å². The number of nitrogens with zero attached hydrogens (tertiary/aromatic N) is 1. The smallest absolute Gasteiger partial charge is 0.215 e. The summed E-state index contributed by atoms with van der Waals surface area (Å²) >= 11 is 7.18. The third-order valence-electron chi connectivity index (χ3n) is 1.92. The van der Waals surface area contributed by atoms with Crippen LogP contribution in [0, 0.1) is 0 Å². The van der Waals surface area contributed by atoms with Crippen molar-refractivity contribution in [2.24, 2.45) is 0 Å². The molecule has 0 aliphatic carbocycles. The summed E-state index contributed by atoms with van der Waals surface area (Å²) in [5.41, 5.74) is 6.72. The average Bonchev–Trinajstić information content (AvgIpc) is 2.64. The maximum Gasteiger partial charge on any atom is 0.215 e. The van der Waals surface area contributed by atoms with Crippen LogP contribution in [-0.4, -0.2) is 10.8 Å². The highest BCUT2D eigenvalue weighted by Gasteiger charge is 2.16. The van der Waals surface area contributed by atoms with Crippen molar-refractivity contribution in [2.75, 3.05) is 5.73 Å². The lowest BCUT2D eigenvalue weighted by atomic mass is 10.1. The van der Waals surface area contributed by atoms with Crippen LogP contribution in [0.15, 0.2) is 29.8 Å². The van der Waals surface area contributed by atoms with E-state index in [1.54, 1.807) is 23.6 Å². The van der Waals surface area contributed by atoms with Gasteiger partial charge in [0.05, 0.1) is 11.3 Å². The largest absolute Gasteiger partial charge is 0.397 e. The number of nitrogens with two attached hydrogens (primary N) is 1. The lowest BCUT2D eigenvalue weighted by Crippen LogP contribution is -2.07. The van der Waals surface area contributed by atoms with Crippen LogP contribution in [0.1, 0.15) is 16.1 Å². The van der Waals surface area contributed by atoms with Gasteiger partial charge in [-0.15, -0.1) is 11.3 Å². The third kappa shape index (κ3) is 1.86. The Balaban J connectivity index is 2.46. The molecule has 0 radical (unpaired) electrons. The number of carbonyl (C=O) groups excluding carboxylic acids is 1. The lowest BCUT2D eigenvalue weighted by molar-refractivity contribution is 0.103. The van der Waals surface area contributed by atoms with Crippen LogP contribution < -0.4 is 5.73 Å². The van der Waals surface area contributed by atoms with Gasteiger partial charge in [-0.3, -0.25) is 9.78 Å². The second kappa shape index (κ2) is 4.00. The molecule has 0 fully saturated rings. The normalized spacial score (nSPS) is 10.2. The van der Waals surface area contributed by atoms with Crippen molar-refractivity contribution in [2.45, 2.75) is 0 Å². The summed E-state index contributed by atoms with van der Waals surface area (Å²) in [5.74, 6) is -0.237. The quantitative estimate of drug-likeness (QED) is 0.819. The van der Waals surface area contributed by atoms with E-state index < -0.39 is 0 Å². The van der Waals surface area contributed by atoms with E-state index in [-0.39, 0.29) is 11.5 Å². The first-order valence-corrected chi connectivity index (χ1v) is 5.44. The minimum Gasteiger partial charge on any atom is -0.397 e. The third-order valence-corrected chi connectivity index (χ3v) is 3.09. The molecule has 0 aliphatic heterocycles. The van der Waals surface area contributed by atoms with Crippen LogP contribution in [0.3, 0.4) is 0 Å². The molecule has 0 spiro atoms. The first-order chi connectivity index (χ1) is 7.20. The van der Waals surface area contributed by atoms with E-state index in [9.17, 15) is 4.79 Å². The zero-order valence-corrected chi connectivity index (χ0v) is 9.18. The number of carbonyl (C=O) groups is 1. The summed E-state index contributed by atoms with van der Waals surface area (Å²) < 4.78 is 0.463. The van der Waals surface area contributed by atoms with Gasteiger partial charge in [0.2, 0.25) is 5.78 Å². The molecule has 0 saturated carbocycles. The van der Waals surface area contributed by atoms with E-state index in [4.69, 9.17) is 17.3 Å². The Labute approximate surface area is 95.5 Å². The Morgan fingerprint density at radius 1 is 1.47 bits per heavy atom. The Kier molecular flexibility index (Phi) is 2.70. The van der Waals surface area contributed by atoms with Crippen LogP contribution in [0.5, 0.6) is 0 Å². The molecule has 0 aromatic carbocycles. The van der Waals surface area contributed by atoms with Crippen molar-refractivity contribution >= 4 is 34.4 Å². The first kappa shape index (κ1) is 10.1. The molecule has 15 heavy (non-hydrogen) atoms. The van der Waals surface area contributed by atoms with Gasteiger partial charge in [0.1, 0.15) is 10.0 Å². The number of anilines is 1. The molecule has 0 saturated heterocycles. The number of rotatable bonds is 2. The fourth-order valence-electron chi connectivity index (χ4n) is 1.19. The van der Waals surface area contributed by atoms with Gasteiger partial charge in [-0.1, -0.05) is 11.6 Å². The average molecular weight is 239 g/mol. The molecule has 0 unspecified atom stereocenters. The summed E-state index contributed by atoms with van der Waals surface area (Å²) in [4.78, 5) is 15.9. The molecular formula is C10H7ClN2OS. The fourth-order valence-corrected chi connectivity index (χ4v) is 2.11. The van der Waals surface area contributed by atoms with Crippen molar-refractivity contribution in [1.82, 2.24) is 4.98 Å². The van der Waals surface area contributed by atoms with Gasteiger partial charge >= 0.3 is 0 Å². The SMILES string of the molecule is Nc1cccnc1C(=O)c1ccsc1Cl. The highest BCUT2D eigenvalue weighted by molar-refractivity contribution is 7.14. The summed E-state index contributed by atoms with van der Waals surface area (Å²) in [5, 5.41) is 1.76. The highest BCUT2D eigenvalue weighted by atomic mass is 35.5. The lowest BCUT2D eigenvalue weighted by Gasteiger charge is -2.01. The Hall–Kier alpha value is -1.39. The zero-order chi connectivity index (χ0) is 10.8. The van der Waals surface area contributed by atoms with Gasteiger partial charge < -0.3 is 5.73 Å². The number of ketones is 1. The molecule has 2 aromatic heterocycles. The minimum absolute atomic E-state index is 0.237. The Bertz CT molecular complexity index is 510. The number of aromatic nitrogens is 1. The van der Waals surface area contributed by atoms with Crippen LogP contribution in [-0.2, 0) is 0 Å². The number of nitrogen functional groups attached to an aromatic ring is 1. The molecule has 0 atom stereocenters. The van der Waals surface area contributed by atoms with Crippen molar-refractivity contribution in [3.05, 3.63) is 45.4 Å². The topological polar surface area (TPSA) is 56.0 Å². The number of thiophene rings is 1. The summed E-state index contributed by atoms with van der Waals surface area (Å²) in [7, 11) is 0. The zero-order valence-electron chi connectivity index (χ0n) is 7.61. The van der Waals surface area contributed by atoms with Gasteiger partial charge in [0.15, 0.2) is 0 Å². The van der Waals surface area contributed by atoms with E-state index in [1.165, 1.54) is 17.5 Å². The molecule has 2 heterocycles. The predicted molar refractivity (Wildman–Crippen MR) is 61.4 cm³/mol. The molecular weight excluding hydrogens is 232 g/mol. The van der Waals surface area contributed by atoms with E-state index >= 15 is 0 Å². The number of halogens is 1. The first-order valence-electron chi connectivity index (χ1n) is 4.18. The van der Waals surface area contributed by atoms with Crippen molar-refractivity contribution in [3.63, 3.8) is 0 Å². The number of hydrogen-bond acceptors (Lipinski definition) is 4. The van der Waals surface area contributed by atoms with E-state index in [0.29, 0.717) is 15.6 Å². The molecule has 2 rings (SSSR count). The van der Waals surface area contributed by atoms with Gasteiger partial charge in [-0.05, 0) is 23.6 Å². The van der Waals surface area contributed by atoms with Crippen LogP contribution >= 0.6 is 22.9 Å². The monoisotopic (exact) mass is 238 g/mol. The Morgan fingerprint density at radius 3 is 2.87 bits per heavy atom. The molecule has 76 valence electrons. The predicted octanol–water partition coefficient (Wildman–Crippen LogP) is 2.61. The fraction of sp³-hybridized carbons (Fsp3) is 0. The summed E-state index contributed by atoms with van der Waals surface area (Å²) in [6, 6.07) is 4.99. The van der Waals surface area contributed by atoms with E-state index in [2.05, 4.69) is 4.98 Å². The molecule has 0 aliphatic rings. The van der Waals surface area contributed by atoms with Crippen LogP contribution in [0.2, 0.25) is 4.34 Å². The molecule has 5 heteroatoms. The Morgan fingerprint density at radius 2 is 2.27 bits per heavy atom. The molecule has 0 bridgehead atoms. The maximum absolute atomic E-state index is 11.9. The van der Waals surface area contributed by atoms with Gasteiger partial charge in [-0.2, -0.15) is 0 Å². The number of hydrogen-bond donors (Lipinski definition) is 1. The second-order valence-electron chi connectivity index (χ2n) is 2.88. The summed E-state index contributed by atoms with van der Waals surface area (Å²) in [6.45, 7) is 0. The highest BCUT2D eigenvalue weighted by Crippen LogP contribution is 2.25. The minimum atomic E-state index is -0.237. The van der Waals surface area contributed by atoms with E-state index in [1.807, 2.05) is 0 Å². The molecule has 2 N–H and O–H groups in total. The van der Waals surface area contributed by atoms with Crippen molar-refractivity contribution in [3.8, 4) is 0 Å². The number of pyridine rings is 1. The van der Waals surface area contributed by atoms with Crippen LogP contribution in [0.25, 0.3) is 0 Å². The molecule has 0 amide bonds.